The summed E-state index contributed by atoms with van der Waals surface area (Å²) < 4.78 is 0. The molecule has 25 heavy (non-hydrogen) atoms. The average Bonchev–Trinajstić information content (AvgIpc) is 2.61. The fourth-order valence-electron chi connectivity index (χ4n) is 2.97. The molecule has 0 aliphatic carbocycles. The Morgan fingerprint density at radius 2 is 1.80 bits per heavy atom. The molecule has 1 aliphatic heterocycles. The summed E-state index contributed by atoms with van der Waals surface area (Å²) in [5.41, 5.74) is 2.22. The lowest BCUT2D eigenvalue weighted by Crippen LogP contribution is -2.48. The molecule has 0 radical (unpaired) electrons. The maximum atomic E-state index is 12.9. The topological polar surface area (TPSA) is 49.4 Å². The number of halogens is 2. The van der Waals surface area contributed by atoms with Crippen LogP contribution in [0.2, 0.25) is 5.02 Å². The largest absolute Gasteiger partial charge is 0.329 e. The number of rotatable bonds is 3. The summed E-state index contributed by atoms with van der Waals surface area (Å²) in [5.74, 6) is -0.0375. The molecule has 2 aromatic carbocycles. The van der Waals surface area contributed by atoms with E-state index >= 15 is 0 Å². The van der Waals surface area contributed by atoms with E-state index in [1.54, 1.807) is 24.3 Å². The van der Waals surface area contributed by atoms with Crippen LogP contribution in [0.4, 0.5) is 0 Å². The molecular formula is C19H20Cl2N2O2. The van der Waals surface area contributed by atoms with Crippen molar-refractivity contribution in [2.24, 2.45) is 0 Å². The van der Waals surface area contributed by atoms with Crippen molar-refractivity contribution in [3.8, 4) is 0 Å². The first-order valence-electron chi connectivity index (χ1n) is 7.94. The van der Waals surface area contributed by atoms with Gasteiger partial charge in [0, 0.05) is 35.8 Å². The predicted molar refractivity (Wildman–Crippen MR) is 102 cm³/mol. The van der Waals surface area contributed by atoms with Gasteiger partial charge in [0.25, 0.3) is 5.91 Å². The first-order chi connectivity index (χ1) is 11.6. The first-order valence-corrected chi connectivity index (χ1v) is 8.32. The molecule has 1 atom stereocenters. The highest BCUT2D eigenvalue weighted by Crippen LogP contribution is 2.26. The third kappa shape index (κ3) is 4.40. The van der Waals surface area contributed by atoms with Gasteiger partial charge < -0.3 is 10.2 Å². The molecule has 0 spiro atoms. The summed E-state index contributed by atoms with van der Waals surface area (Å²) in [6, 6.07) is 14.4. The van der Waals surface area contributed by atoms with Gasteiger partial charge in [-0.1, -0.05) is 35.9 Å². The molecule has 0 bridgehead atoms. The number of carbonyl (C=O) groups is 2. The van der Waals surface area contributed by atoms with Crippen LogP contribution < -0.4 is 5.32 Å². The third-order valence-corrected chi connectivity index (χ3v) is 4.51. The zero-order chi connectivity index (χ0) is 17.1. The zero-order valence-corrected chi connectivity index (χ0v) is 15.4. The van der Waals surface area contributed by atoms with Gasteiger partial charge in [0.15, 0.2) is 5.78 Å². The van der Waals surface area contributed by atoms with Gasteiger partial charge >= 0.3 is 0 Å². The number of piperazine rings is 1. The van der Waals surface area contributed by atoms with Gasteiger partial charge in [-0.15, -0.1) is 12.4 Å². The van der Waals surface area contributed by atoms with E-state index in [9.17, 15) is 9.59 Å². The summed E-state index contributed by atoms with van der Waals surface area (Å²) in [6.07, 6.45) is 0. The van der Waals surface area contributed by atoms with E-state index in [0.29, 0.717) is 29.2 Å². The van der Waals surface area contributed by atoms with Crippen LogP contribution in [0.15, 0.2) is 48.5 Å². The van der Waals surface area contributed by atoms with Crippen LogP contribution in [0.25, 0.3) is 0 Å². The highest BCUT2D eigenvalue weighted by atomic mass is 35.5. The SMILES string of the molecule is CC(=O)c1ccc(C(=O)N2CCNCC2c2cccc(Cl)c2)cc1.Cl. The van der Waals surface area contributed by atoms with Crippen molar-refractivity contribution in [3.63, 3.8) is 0 Å². The molecule has 6 heteroatoms. The van der Waals surface area contributed by atoms with Crippen LogP contribution >= 0.6 is 24.0 Å². The van der Waals surface area contributed by atoms with Gasteiger partial charge in [-0.2, -0.15) is 0 Å². The molecule has 0 aromatic heterocycles. The number of amides is 1. The number of ketones is 1. The lowest BCUT2D eigenvalue weighted by atomic mass is 10.0. The van der Waals surface area contributed by atoms with Crippen LogP contribution in [0.5, 0.6) is 0 Å². The first kappa shape index (κ1) is 19.4. The summed E-state index contributed by atoms with van der Waals surface area (Å²) >= 11 is 6.10. The molecular weight excluding hydrogens is 359 g/mol. The van der Waals surface area contributed by atoms with Crippen molar-refractivity contribution in [2.45, 2.75) is 13.0 Å². The van der Waals surface area contributed by atoms with Crippen molar-refractivity contribution < 1.29 is 9.59 Å². The van der Waals surface area contributed by atoms with E-state index < -0.39 is 0 Å². The molecule has 132 valence electrons. The molecule has 4 nitrogen and oxygen atoms in total. The fourth-order valence-corrected chi connectivity index (χ4v) is 3.17. The van der Waals surface area contributed by atoms with E-state index in [2.05, 4.69) is 5.32 Å². The lowest BCUT2D eigenvalue weighted by Gasteiger charge is -2.36. The number of nitrogens with zero attached hydrogens (tertiary/aromatic N) is 1. The Morgan fingerprint density at radius 3 is 2.44 bits per heavy atom. The summed E-state index contributed by atoms with van der Waals surface area (Å²) in [6.45, 7) is 3.60. The molecule has 2 aromatic rings. The molecule has 1 N–H and O–H groups in total. The second-order valence-electron chi connectivity index (χ2n) is 5.91. The molecule has 1 saturated heterocycles. The van der Waals surface area contributed by atoms with Gasteiger partial charge in [0.2, 0.25) is 0 Å². The second kappa shape index (κ2) is 8.48. The van der Waals surface area contributed by atoms with E-state index in [0.717, 1.165) is 12.1 Å². The fraction of sp³-hybridized carbons (Fsp3) is 0.263. The van der Waals surface area contributed by atoms with Gasteiger partial charge in [-0.25, -0.2) is 0 Å². The smallest absolute Gasteiger partial charge is 0.254 e. The minimum absolute atomic E-state index is 0. The Balaban J connectivity index is 0.00000225. The van der Waals surface area contributed by atoms with Crippen LogP contribution in [0, 0.1) is 0 Å². The van der Waals surface area contributed by atoms with Crippen LogP contribution in [-0.4, -0.2) is 36.2 Å². The molecule has 1 amide bonds. The van der Waals surface area contributed by atoms with Gasteiger partial charge in [-0.3, -0.25) is 9.59 Å². The van der Waals surface area contributed by atoms with Crippen LogP contribution in [0.3, 0.4) is 0 Å². The van der Waals surface area contributed by atoms with E-state index in [1.165, 1.54) is 6.92 Å². The van der Waals surface area contributed by atoms with Crippen molar-refractivity contribution in [1.29, 1.82) is 0 Å². The average molecular weight is 379 g/mol. The Kier molecular flexibility index (Phi) is 6.59. The number of Topliss-reactive ketones (excluding diaryl/α,β-unsaturated/α-hetero) is 1. The van der Waals surface area contributed by atoms with Crippen molar-refractivity contribution in [2.75, 3.05) is 19.6 Å². The number of hydrogen-bond donors (Lipinski definition) is 1. The van der Waals surface area contributed by atoms with Crippen molar-refractivity contribution in [3.05, 3.63) is 70.2 Å². The standard InChI is InChI=1S/C19H19ClN2O2.ClH/c1-13(23)14-5-7-15(8-6-14)19(24)22-10-9-21-12-18(22)16-3-2-4-17(20)11-16;/h2-8,11,18,21H,9-10,12H2,1H3;1H. The second-order valence-corrected chi connectivity index (χ2v) is 6.34. The highest BCUT2D eigenvalue weighted by Gasteiger charge is 2.28. The number of nitrogens with one attached hydrogen (secondary N) is 1. The Hall–Kier alpha value is -1.88. The van der Waals surface area contributed by atoms with Crippen LogP contribution in [-0.2, 0) is 0 Å². The third-order valence-electron chi connectivity index (χ3n) is 4.28. The van der Waals surface area contributed by atoms with Gasteiger partial charge in [0.1, 0.15) is 0 Å². The maximum Gasteiger partial charge on any atom is 0.254 e. The number of hydrogen-bond acceptors (Lipinski definition) is 3. The number of benzene rings is 2. The molecule has 1 fully saturated rings. The lowest BCUT2D eigenvalue weighted by molar-refractivity contribution is 0.0634. The van der Waals surface area contributed by atoms with Crippen molar-refractivity contribution in [1.82, 2.24) is 10.2 Å². The predicted octanol–water partition coefficient (Wildman–Crippen LogP) is 3.75. The zero-order valence-electron chi connectivity index (χ0n) is 13.9. The summed E-state index contributed by atoms with van der Waals surface area (Å²) in [7, 11) is 0. The normalized spacial score (nSPS) is 16.9. The Labute approximate surface area is 158 Å². The molecule has 1 heterocycles. The summed E-state index contributed by atoms with van der Waals surface area (Å²) in [4.78, 5) is 26.2. The minimum Gasteiger partial charge on any atom is -0.329 e. The van der Waals surface area contributed by atoms with Crippen molar-refractivity contribution >= 4 is 35.7 Å². The maximum absolute atomic E-state index is 12.9. The van der Waals surface area contributed by atoms with Gasteiger partial charge in [0.05, 0.1) is 6.04 Å². The summed E-state index contributed by atoms with van der Waals surface area (Å²) in [5, 5.41) is 3.99. The molecule has 3 rings (SSSR count). The molecule has 0 saturated carbocycles. The Morgan fingerprint density at radius 1 is 1.12 bits per heavy atom. The number of carbonyl (C=O) groups excluding carboxylic acids is 2. The quantitative estimate of drug-likeness (QED) is 0.827. The van der Waals surface area contributed by atoms with E-state index in [-0.39, 0.29) is 30.1 Å². The van der Waals surface area contributed by atoms with E-state index in [4.69, 9.17) is 11.6 Å². The minimum atomic E-state index is -0.0579. The van der Waals surface area contributed by atoms with Crippen LogP contribution in [0.1, 0.15) is 39.2 Å². The molecule has 1 unspecified atom stereocenters. The van der Waals surface area contributed by atoms with Gasteiger partial charge in [-0.05, 0) is 36.8 Å². The highest BCUT2D eigenvalue weighted by molar-refractivity contribution is 6.30. The Bertz CT molecular complexity index is 762. The van der Waals surface area contributed by atoms with E-state index in [1.807, 2.05) is 29.2 Å². The molecule has 1 aliphatic rings. The monoisotopic (exact) mass is 378 g/mol.